The number of aromatic nitrogens is 3. The van der Waals surface area contributed by atoms with Crippen LogP contribution in [0.25, 0.3) is 11.3 Å². The first-order valence-electron chi connectivity index (χ1n) is 7.24. The Kier molecular flexibility index (Phi) is 3.88. The van der Waals surface area contributed by atoms with Crippen molar-refractivity contribution in [1.82, 2.24) is 14.3 Å². The average Bonchev–Trinajstić information content (AvgIpc) is 3.07. The van der Waals surface area contributed by atoms with Crippen molar-refractivity contribution in [3.63, 3.8) is 0 Å². The molecule has 0 spiro atoms. The molecule has 0 atom stereocenters. The molecule has 3 rings (SSSR count). The molecule has 7 nitrogen and oxygen atoms in total. The SMILES string of the molecule is Cc1c(C#N)c(=O)n(Cc2cc(-c3ccccc3)no2)c(=O)n1C. The van der Waals surface area contributed by atoms with Crippen LogP contribution in [0, 0.1) is 18.3 Å². The molecule has 0 aliphatic carbocycles. The molecule has 0 bridgehead atoms. The monoisotopic (exact) mass is 322 g/mol. The van der Waals surface area contributed by atoms with Crippen LogP contribution in [0.1, 0.15) is 17.0 Å². The second-order valence-corrected chi connectivity index (χ2v) is 5.35. The van der Waals surface area contributed by atoms with Gasteiger partial charge in [-0.15, -0.1) is 0 Å². The summed E-state index contributed by atoms with van der Waals surface area (Å²) in [6, 6.07) is 12.9. The van der Waals surface area contributed by atoms with Gasteiger partial charge in [-0.25, -0.2) is 4.79 Å². The van der Waals surface area contributed by atoms with Crippen LogP contribution in [0.5, 0.6) is 0 Å². The largest absolute Gasteiger partial charge is 0.359 e. The van der Waals surface area contributed by atoms with Gasteiger partial charge >= 0.3 is 5.69 Å². The number of rotatable bonds is 3. The Bertz CT molecular complexity index is 1050. The van der Waals surface area contributed by atoms with Gasteiger partial charge in [-0.3, -0.25) is 13.9 Å². The molecule has 0 radical (unpaired) electrons. The molecule has 0 aliphatic heterocycles. The van der Waals surface area contributed by atoms with E-state index in [9.17, 15) is 9.59 Å². The fourth-order valence-corrected chi connectivity index (χ4v) is 2.43. The van der Waals surface area contributed by atoms with Crippen molar-refractivity contribution >= 4 is 0 Å². The van der Waals surface area contributed by atoms with Crippen LogP contribution in [-0.4, -0.2) is 14.3 Å². The number of hydrogen-bond acceptors (Lipinski definition) is 5. The Labute approximate surface area is 137 Å². The molecule has 3 aromatic rings. The summed E-state index contributed by atoms with van der Waals surface area (Å²) in [5.41, 5.74) is 0.633. The Morgan fingerprint density at radius 3 is 2.62 bits per heavy atom. The number of nitriles is 1. The van der Waals surface area contributed by atoms with E-state index in [4.69, 9.17) is 9.78 Å². The Morgan fingerprint density at radius 1 is 1.25 bits per heavy atom. The third-order valence-electron chi connectivity index (χ3n) is 3.90. The molecule has 0 aliphatic rings. The van der Waals surface area contributed by atoms with Gasteiger partial charge in [0.25, 0.3) is 5.56 Å². The fourth-order valence-electron chi connectivity index (χ4n) is 2.43. The molecule has 0 amide bonds. The number of benzene rings is 1. The molecule has 0 unspecified atom stereocenters. The van der Waals surface area contributed by atoms with Crippen LogP contribution in [0.4, 0.5) is 0 Å². The van der Waals surface area contributed by atoms with Crippen molar-refractivity contribution in [3.8, 4) is 17.3 Å². The van der Waals surface area contributed by atoms with E-state index in [-0.39, 0.29) is 12.1 Å². The lowest BCUT2D eigenvalue weighted by Crippen LogP contribution is -2.41. The Hall–Kier alpha value is -3.40. The molecular formula is C17H14N4O3. The van der Waals surface area contributed by atoms with Gasteiger partial charge in [0.05, 0.1) is 6.54 Å². The third kappa shape index (κ3) is 2.54. The Balaban J connectivity index is 2.03. The minimum absolute atomic E-state index is 0.0556. The van der Waals surface area contributed by atoms with Crippen LogP contribution in [0.2, 0.25) is 0 Å². The highest BCUT2D eigenvalue weighted by Gasteiger charge is 2.16. The van der Waals surface area contributed by atoms with Crippen molar-refractivity contribution < 1.29 is 4.52 Å². The summed E-state index contributed by atoms with van der Waals surface area (Å²) in [6.45, 7) is 1.48. The van der Waals surface area contributed by atoms with Gasteiger partial charge < -0.3 is 4.52 Å². The molecule has 2 aromatic heterocycles. The van der Waals surface area contributed by atoms with Gasteiger partial charge in [0.1, 0.15) is 17.3 Å². The van der Waals surface area contributed by atoms with Gasteiger partial charge in [-0.2, -0.15) is 5.26 Å². The molecule has 1 aromatic carbocycles. The van der Waals surface area contributed by atoms with Crippen LogP contribution < -0.4 is 11.2 Å². The predicted molar refractivity (Wildman–Crippen MR) is 86.4 cm³/mol. The van der Waals surface area contributed by atoms with Crippen LogP contribution in [0.15, 0.2) is 50.5 Å². The van der Waals surface area contributed by atoms with Gasteiger partial charge in [-0.05, 0) is 6.92 Å². The topological polar surface area (TPSA) is 93.8 Å². The van der Waals surface area contributed by atoms with Gasteiger partial charge in [0.15, 0.2) is 5.76 Å². The van der Waals surface area contributed by atoms with E-state index in [2.05, 4.69) is 5.16 Å². The zero-order chi connectivity index (χ0) is 17.3. The van der Waals surface area contributed by atoms with Crippen molar-refractivity contribution in [3.05, 3.63) is 74.3 Å². The lowest BCUT2D eigenvalue weighted by molar-refractivity contribution is 0.373. The second-order valence-electron chi connectivity index (χ2n) is 5.35. The zero-order valence-corrected chi connectivity index (χ0v) is 13.2. The standard InChI is InChI=1S/C17H14N4O3/c1-11-14(9-18)16(22)21(17(23)20(11)2)10-13-8-15(19-24-13)12-6-4-3-5-7-12/h3-8H,10H2,1-2H3. The fraction of sp³-hybridized carbons (Fsp3) is 0.176. The second kappa shape index (κ2) is 6.01. The maximum Gasteiger partial charge on any atom is 0.331 e. The summed E-state index contributed by atoms with van der Waals surface area (Å²) >= 11 is 0. The maximum atomic E-state index is 12.3. The highest BCUT2D eigenvalue weighted by molar-refractivity contribution is 5.58. The summed E-state index contributed by atoms with van der Waals surface area (Å²) in [7, 11) is 1.52. The average molecular weight is 322 g/mol. The molecule has 2 heterocycles. The van der Waals surface area contributed by atoms with Gasteiger partial charge in [0, 0.05) is 24.4 Å². The number of nitrogens with zero attached hydrogens (tertiary/aromatic N) is 4. The lowest BCUT2D eigenvalue weighted by atomic mass is 10.1. The lowest BCUT2D eigenvalue weighted by Gasteiger charge is -2.09. The molecule has 0 fully saturated rings. The maximum absolute atomic E-state index is 12.3. The van der Waals surface area contributed by atoms with Crippen molar-refractivity contribution in [1.29, 1.82) is 5.26 Å². The van der Waals surface area contributed by atoms with Crippen molar-refractivity contribution in [2.24, 2.45) is 7.05 Å². The summed E-state index contributed by atoms with van der Waals surface area (Å²) in [6.07, 6.45) is 0. The van der Waals surface area contributed by atoms with E-state index in [1.165, 1.54) is 11.6 Å². The van der Waals surface area contributed by atoms with Gasteiger partial charge in [0.2, 0.25) is 0 Å². The highest BCUT2D eigenvalue weighted by atomic mass is 16.5. The summed E-state index contributed by atoms with van der Waals surface area (Å²) in [5, 5.41) is 13.1. The van der Waals surface area contributed by atoms with E-state index in [0.29, 0.717) is 17.1 Å². The summed E-state index contributed by atoms with van der Waals surface area (Å²) in [5.74, 6) is 0.362. The van der Waals surface area contributed by atoms with E-state index in [0.717, 1.165) is 10.1 Å². The summed E-state index contributed by atoms with van der Waals surface area (Å²) < 4.78 is 7.48. The zero-order valence-electron chi connectivity index (χ0n) is 13.2. The smallest absolute Gasteiger partial charge is 0.331 e. The van der Waals surface area contributed by atoms with Crippen LogP contribution >= 0.6 is 0 Å². The molecule has 0 saturated heterocycles. The molecule has 7 heteroatoms. The first-order chi connectivity index (χ1) is 11.5. The highest BCUT2D eigenvalue weighted by Crippen LogP contribution is 2.18. The Morgan fingerprint density at radius 2 is 1.96 bits per heavy atom. The van der Waals surface area contributed by atoms with E-state index >= 15 is 0 Å². The molecule has 24 heavy (non-hydrogen) atoms. The van der Waals surface area contributed by atoms with E-state index in [1.807, 2.05) is 36.4 Å². The predicted octanol–water partition coefficient (Wildman–Crippen LogP) is 1.43. The van der Waals surface area contributed by atoms with E-state index < -0.39 is 11.2 Å². The quantitative estimate of drug-likeness (QED) is 0.727. The first kappa shape index (κ1) is 15.5. The van der Waals surface area contributed by atoms with Gasteiger partial charge in [-0.1, -0.05) is 35.5 Å². The van der Waals surface area contributed by atoms with Crippen molar-refractivity contribution in [2.75, 3.05) is 0 Å². The number of hydrogen-bond donors (Lipinski definition) is 0. The minimum atomic E-state index is -0.629. The minimum Gasteiger partial charge on any atom is -0.359 e. The summed E-state index contributed by atoms with van der Waals surface area (Å²) in [4.78, 5) is 24.7. The molecule has 0 N–H and O–H groups in total. The molecule has 0 saturated carbocycles. The van der Waals surface area contributed by atoms with Crippen LogP contribution in [0.3, 0.4) is 0 Å². The van der Waals surface area contributed by atoms with Crippen molar-refractivity contribution in [2.45, 2.75) is 13.5 Å². The molecular weight excluding hydrogens is 308 g/mol. The third-order valence-corrected chi connectivity index (χ3v) is 3.90. The van der Waals surface area contributed by atoms with Crippen LogP contribution in [-0.2, 0) is 13.6 Å². The van der Waals surface area contributed by atoms with E-state index in [1.54, 1.807) is 13.0 Å². The normalized spacial score (nSPS) is 10.5. The first-order valence-corrected chi connectivity index (χ1v) is 7.24. The molecule has 120 valence electrons.